The monoisotopic (exact) mass is 308 g/mol. The Kier molecular flexibility index (Phi) is 17.5. The molecule has 0 aliphatic heterocycles. The molecular weight excluding hydrogens is 272 g/mol. The van der Waals surface area contributed by atoms with Crippen LogP contribution in [0.2, 0.25) is 0 Å². The summed E-state index contributed by atoms with van der Waals surface area (Å²) in [6, 6.07) is 0. The van der Waals surface area contributed by atoms with E-state index in [-0.39, 0.29) is 12.7 Å². The molecule has 2 heteroatoms. The number of allylic oxidation sites excluding steroid dienone is 6. The summed E-state index contributed by atoms with van der Waals surface area (Å²) < 4.78 is 5.43. The van der Waals surface area contributed by atoms with Crippen LogP contribution in [-0.2, 0) is 4.74 Å². The highest BCUT2D eigenvalue weighted by atomic mass is 16.5. The Morgan fingerprint density at radius 3 is 2.09 bits per heavy atom. The Bertz CT molecular complexity index is 292. The predicted octanol–water partition coefficient (Wildman–Crippen LogP) is 5.58. The van der Waals surface area contributed by atoms with Crippen LogP contribution in [0.25, 0.3) is 0 Å². The van der Waals surface area contributed by atoms with E-state index in [2.05, 4.69) is 43.4 Å². The van der Waals surface area contributed by atoms with Crippen molar-refractivity contribution in [2.24, 2.45) is 0 Å². The van der Waals surface area contributed by atoms with E-state index in [9.17, 15) is 0 Å². The van der Waals surface area contributed by atoms with Gasteiger partial charge in [0.25, 0.3) is 0 Å². The van der Waals surface area contributed by atoms with Gasteiger partial charge in [0.2, 0.25) is 0 Å². The van der Waals surface area contributed by atoms with Crippen molar-refractivity contribution in [1.82, 2.24) is 0 Å². The van der Waals surface area contributed by atoms with Gasteiger partial charge in [-0.05, 0) is 45.4 Å². The minimum Gasteiger partial charge on any atom is -0.394 e. The Morgan fingerprint density at radius 1 is 0.818 bits per heavy atom. The SMILES string of the molecule is CC/C=C\C/C=C\C/C=C\CCCCCCC(CO)OCC. The van der Waals surface area contributed by atoms with E-state index >= 15 is 0 Å². The molecule has 1 N–H and O–H groups in total. The van der Waals surface area contributed by atoms with Gasteiger partial charge in [0.05, 0.1) is 12.7 Å². The van der Waals surface area contributed by atoms with Crippen LogP contribution in [0.1, 0.15) is 71.6 Å². The maximum atomic E-state index is 9.12. The number of ether oxygens (including phenoxy) is 1. The Labute approximate surface area is 138 Å². The number of hydrogen-bond donors (Lipinski definition) is 1. The average Bonchev–Trinajstić information content (AvgIpc) is 2.54. The normalized spacial score (nSPS) is 13.8. The van der Waals surface area contributed by atoms with Gasteiger partial charge >= 0.3 is 0 Å². The number of rotatable bonds is 15. The summed E-state index contributed by atoms with van der Waals surface area (Å²) in [6.07, 6.45) is 23.8. The minimum absolute atomic E-state index is 0.0452. The maximum absolute atomic E-state index is 9.12. The highest BCUT2D eigenvalue weighted by molar-refractivity contribution is 4.96. The molecule has 0 aromatic carbocycles. The Hall–Kier alpha value is -0.860. The fourth-order valence-electron chi connectivity index (χ4n) is 2.28. The van der Waals surface area contributed by atoms with E-state index in [0.29, 0.717) is 6.61 Å². The molecule has 0 aliphatic rings. The highest BCUT2D eigenvalue weighted by Crippen LogP contribution is 2.10. The van der Waals surface area contributed by atoms with Gasteiger partial charge in [-0.25, -0.2) is 0 Å². The van der Waals surface area contributed by atoms with Crippen molar-refractivity contribution in [3.05, 3.63) is 36.5 Å². The van der Waals surface area contributed by atoms with Gasteiger partial charge < -0.3 is 9.84 Å². The second kappa shape index (κ2) is 18.2. The van der Waals surface area contributed by atoms with Gasteiger partial charge in [-0.2, -0.15) is 0 Å². The van der Waals surface area contributed by atoms with Crippen molar-refractivity contribution >= 4 is 0 Å². The zero-order valence-corrected chi connectivity index (χ0v) is 14.7. The van der Waals surface area contributed by atoms with E-state index in [1.165, 1.54) is 25.7 Å². The molecule has 22 heavy (non-hydrogen) atoms. The molecule has 0 aliphatic carbocycles. The summed E-state index contributed by atoms with van der Waals surface area (Å²) in [5.74, 6) is 0. The van der Waals surface area contributed by atoms with E-state index in [4.69, 9.17) is 9.84 Å². The number of unbranched alkanes of at least 4 members (excludes halogenated alkanes) is 4. The smallest absolute Gasteiger partial charge is 0.0805 e. The van der Waals surface area contributed by atoms with Gasteiger partial charge in [-0.3, -0.25) is 0 Å². The largest absolute Gasteiger partial charge is 0.394 e. The van der Waals surface area contributed by atoms with Crippen LogP contribution in [0.15, 0.2) is 36.5 Å². The zero-order valence-electron chi connectivity index (χ0n) is 14.7. The first-order valence-electron chi connectivity index (χ1n) is 9.02. The van der Waals surface area contributed by atoms with E-state index in [0.717, 1.165) is 32.1 Å². The number of aliphatic hydroxyl groups excluding tert-OH is 1. The van der Waals surface area contributed by atoms with Crippen LogP contribution in [0.3, 0.4) is 0 Å². The molecule has 0 aromatic heterocycles. The summed E-state index contributed by atoms with van der Waals surface area (Å²) in [4.78, 5) is 0. The molecule has 0 fully saturated rings. The molecule has 0 bridgehead atoms. The molecule has 2 nitrogen and oxygen atoms in total. The molecule has 0 amide bonds. The lowest BCUT2D eigenvalue weighted by Crippen LogP contribution is -2.17. The summed E-state index contributed by atoms with van der Waals surface area (Å²) in [6.45, 7) is 4.98. The van der Waals surface area contributed by atoms with Crippen LogP contribution >= 0.6 is 0 Å². The quantitative estimate of drug-likeness (QED) is 0.316. The van der Waals surface area contributed by atoms with Gasteiger partial charge in [-0.1, -0.05) is 62.6 Å². The Balaban J connectivity index is 3.35. The van der Waals surface area contributed by atoms with Crippen molar-refractivity contribution < 1.29 is 9.84 Å². The molecule has 0 spiro atoms. The first-order chi connectivity index (χ1) is 10.8. The van der Waals surface area contributed by atoms with Crippen molar-refractivity contribution in [3.8, 4) is 0 Å². The van der Waals surface area contributed by atoms with Crippen molar-refractivity contribution in [2.45, 2.75) is 77.7 Å². The lowest BCUT2D eigenvalue weighted by atomic mass is 10.1. The van der Waals surface area contributed by atoms with Crippen LogP contribution in [0.4, 0.5) is 0 Å². The van der Waals surface area contributed by atoms with Gasteiger partial charge in [-0.15, -0.1) is 0 Å². The number of aliphatic hydroxyl groups is 1. The summed E-state index contributed by atoms with van der Waals surface area (Å²) >= 11 is 0. The zero-order chi connectivity index (χ0) is 16.3. The van der Waals surface area contributed by atoms with Crippen LogP contribution in [0, 0.1) is 0 Å². The standard InChI is InChI=1S/C20H36O2/c1-3-5-6-7-8-9-10-11-12-13-14-15-16-17-18-20(19-21)22-4-2/h5-6,8-9,11-12,20-21H,3-4,7,10,13-19H2,1-2H3/b6-5-,9-8-,12-11-. The Morgan fingerprint density at radius 2 is 1.45 bits per heavy atom. The molecule has 0 rings (SSSR count). The van der Waals surface area contributed by atoms with Crippen molar-refractivity contribution in [3.63, 3.8) is 0 Å². The molecular formula is C20H36O2. The second-order valence-corrected chi connectivity index (χ2v) is 5.55. The lowest BCUT2D eigenvalue weighted by Gasteiger charge is -2.13. The fourth-order valence-corrected chi connectivity index (χ4v) is 2.28. The molecule has 1 unspecified atom stereocenters. The topological polar surface area (TPSA) is 29.5 Å². The van der Waals surface area contributed by atoms with Gasteiger partial charge in [0, 0.05) is 6.61 Å². The molecule has 0 heterocycles. The molecule has 0 saturated heterocycles. The maximum Gasteiger partial charge on any atom is 0.0805 e. The third-order valence-electron chi connectivity index (χ3n) is 3.53. The van der Waals surface area contributed by atoms with Crippen LogP contribution < -0.4 is 0 Å². The number of hydrogen-bond acceptors (Lipinski definition) is 2. The van der Waals surface area contributed by atoms with Crippen molar-refractivity contribution in [2.75, 3.05) is 13.2 Å². The summed E-state index contributed by atoms with van der Waals surface area (Å²) in [7, 11) is 0. The van der Waals surface area contributed by atoms with E-state index in [1.807, 2.05) is 6.92 Å². The van der Waals surface area contributed by atoms with Gasteiger partial charge in [0.15, 0.2) is 0 Å². The highest BCUT2D eigenvalue weighted by Gasteiger charge is 2.05. The molecule has 0 saturated carbocycles. The predicted molar refractivity (Wildman–Crippen MR) is 97.1 cm³/mol. The van der Waals surface area contributed by atoms with Crippen LogP contribution in [0.5, 0.6) is 0 Å². The molecule has 0 aromatic rings. The molecule has 0 radical (unpaired) electrons. The van der Waals surface area contributed by atoms with Crippen molar-refractivity contribution in [1.29, 1.82) is 0 Å². The van der Waals surface area contributed by atoms with E-state index in [1.54, 1.807) is 0 Å². The third kappa shape index (κ3) is 15.5. The fraction of sp³-hybridized carbons (Fsp3) is 0.700. The third-order valence-corrected chi connectivity index (χ3v) is 3.53. The van der Waals surface area contributed by atoms with Gasteiger partial charge in [0.1, 0.15) is 0 Å². The molecule has 1 atom stereocenters. The molecule has 128 valence electrons. The summed E-state index contributed by atoms with van der Waals surface area (Å²) in [5, 5.41) is 9.12. The lowest BCUT2D eigenvalue weighted by molar-refractivity contribution is 0.0136. The summed E-state index contributed by atoms with van der Waals surface area (Å²) in [5.41, 5.74) is 0. The second-order valence-electron chi connectivity index (χ2n) is 5.55. The first kappa shape index (κ1) is 21.1. The van der Waals surface area contributed by atoms with Crippen LogP contribution in [-0.4, -0.2) is 24.4 Å². The minimum atomic E-state index is 0.0452. The first-order valence-corrected chi connectivity index (χ1v) is 9.02. The van der Waals surface area contributed by atoms with E-state index < -0.39 is 0 Å². The average molecular weight is 309 g/mol.